The van der Waals surface area contributed by atoms with Gasteiger partial charge in [-0.1, -0.05) is 18.2 Å². The number of anilines is 3. The molecule has 0 radical (unpaired) electrons. The standard InChI is InChI=1S/C26H26FN9O.C3H6.CH3NO/c1-15-5-4-10-36(13-15)26-28-12-20-24(32-26)25(30-14-29-20)31-18-7-9-22(16(2)23(18)27)37-17-6-8-21-19(11-17)33-34-35(21)3;1-3-2;2-1-3/h6-9,11-12,14-15H,4-5,10,13H2,1-3H3,(H,29,30,31);3H,1H2,2H3;1H,(H2,2,3). The Bertz CT molecular complexity index is 1720. The van der Waals surface area contributed by atoms with Crippen molar-refractivity contribution in [2.75, 3.05) is 23.3 Å². The smallest absolute Gasteiger partial charge is 0.226 e. The molecule has 3 aromatic heterocycles. The molecule has 1 amide bonds. The number of aromatic nitrogens is 7. The number of benzene rings is 2. The van der Waals surface area contributed by atoms with E-state index >= 15 is 4.39 Å². The zero-order valence-electron chi connectivity index (χ0n) is 24.7. The Morgan fingerprint density at radius 2 is 1.95 bits per heavy atom. The first-order valence-corrected chi connectivity index (χ1v) is 13.8. The minimum atomic E-state index is -0.441. The molecule has 5 aromatic rings. The van der Waals surface area contributed by atoms with Crippen molar-refractivity contribution in [2.24, 2.45) is 18.7 Å². The van der Waals surface area contributed by atoms with Crippen molar-refractivity contribution in [3.8, 4) is 11.5 Å². The summed E-state index contributed by atoms with van der Waals surface area (Å²) in [5.74, 6) is 2.15. The lowest BCUT2D eigenvalue weighted by molar-refractivity contribution is -0.106. The van der Waals surface area contributed by atoms with Crippen molar-refractivity contribution >= 4 is 45.9 Å². The third-order valence-corrected chi connectivity index (χ3v) is 6.70. The quantitative estimate of drug-likeness (QED) is 0.207. The number of hydrogen-bond donors (Lipinski definition) is 2. The molecule has 4 heterocycles. The van der Waals surface area contributed by atoms with Gasteiger partial charge in [-0.3, -0.25) is 4.79 Å². The second-order valence-electron chi connectivity index (χ2n) is 10.0. The number of piperidine rings is 1. The van der Waals surface area contributed by atoms with E-state index in [1.807, 2.05) is 26.1 Å². The summed E-state index contributed by atoms with van der Waals surface area (Å²) in [6.07, 6.45) is 7.41. The molecule has 0 spiro atoms. The summed E-state index contributed by atoms with van der Waals surface area (Å²) in [4.78, 5) is 28.7. The van der Waals surface area contributed by atoms with Gasteiger partial charge in [-0.15, -0.1) is 11.7 Å². The van der Waals surface area contributed by atoms with Crippen LogP contribution in [0.5, 0.6) is 11.5 Å². The summed E-state index contributed by atoms with van der Waals surface area (Å²) in [5, 5.41) is 11.2. The molecule has 13 heteroatoms. The van der Waals surface area contributed by atoms with Crippen molar-refractivity contribution in [1.82, 2.24) is 34.9 Å². The van der Waals surface area contributed by atoms with E-state index in [9.17, 15) is 0 Å². The SMILES string of the molecule is C=CC.Cc1c(Oc2ccc3c(c2)nnn3C)ccc(Nc2ncnc3cnc(N4CCCC(C)C4)nc23)c1F.NC=O. The van der Waals surface area contributed by atoms with Gasteiger partial charge in [0.1, 0.15) is 34.4 Å². The van der Waals surface area contributed by atoms with Crippen LogP contribution < -0.4 is 20.7 Å². The van der Waals surface area contributed by atoms with Gasteiger partial charge in [-0.05, 0) is 56.9 Å². The zero-order chi connectivity index (χ0) is 30.9. The van der Waals surface area contributed by atoms with Crippen LogP contribution in [0.3, 0.4) is 0 Å². The van der Waals surface area contributed by atoms with Crippen molar-refractivity contribution in [3.63, 3.8) is 0 Å². The summed E-state index contributed by atoms with van der Waals surface area (Å²) in [5.41, 5.74) is 7.51. The minimum Gasteiger partial charge on any atom is -0.457 e. The van der Waals surface area contributed by atoms with Crippen molar-refractivity contribution < 1.29 is 13.9 Å². The van der Waals surface area contributed by atoms with Gasteiger partial charge in [0.25, 0.3) is 0 Å². The molecular formula is C30H35FN10O2. The number of fused-ring (bicyclic) bond motifs is 2. The van der Waals surface area contributed by atoms with Crippen LogP contribution in [0.1, 0.15) is 32.3 Å². The number of carbonyl (C=O) groups is 1. The number of allylic oxidation sites excluding steroid dienone is 1. The van der Waals surface area contributed by atoms with Crippen LogP contribution in [0.2, 0.25) is 0 Å². The van der Waals surface area contributed by atoms with E-state index in [-0.39, 0.29) is 12.1 Å². The Morgan fingerprint density at radius 3 is 2.70 bits per heavy atom. The maximum Gasteiger partial charge on any atom is 0.226 e. The molecule has 0 aliphatic carbocycles. The molecule has 0 saturated carbocycles. The first-order chi connectivity index (χ1) is 20.8. The van der Waals surface area contributed by atoms with Crippen molar-refractivity contribution in [2.45, 2.75) is 33.6 Å². The molecule has 1 aliphatic rings. The van der Waals surface area contributed by atoms with E-state index in [0.717, 1.165) is 25.0 Å². The highest BCUT2D eigenvalue weighted by Crippen LogP contribution is 2.33. The molecule has 3 N–H and O–H groups in total. The number of primary amides is 1. The number of hydrogen-bond acceptors (Lipinski definition) is 10. The largest absolute Gasteiger partial charge is 0.457 e. The van der Waals surface area contributed by atoms with Crippen LogP contribution >= 0.6 is 0 Å². The van der Waals surface area contributed by atoms with E-state index in [1.54, 1.807) is 42.1 Å². The molecule has 1 saturated heterocycles. The molecule has 2 aromatic carbocycles. The van der Waals surface area contributed by atoms with Crippen LogP contribution in [-0.2, 0) is 11.8 Å². The van der Waals surface area contributed by atoms with Gasteiger partial charge in [0.2, 0.25) is 12.4 Å². The number of aryl methyl sites for hydroxylation is 1. The first-order valence-electron chi connectivity index (χ1n) is 13.8. The second kappa shape index (κ2) is 14.1. The van der Waals surface area contributed by atoms with Gasteiger partial charge in [0.15, 0.2) is 11.6 Å². The first kappa shape index (κ1) is 30.8. The topological polar surface area (TPSA) is 150 Å². The molecule has 43 heavy (non-hydrogen) atoms. The zero-order valence-corrected chi connectivity index (χ0v) is 24.7. The van der Waals surface area contributed by atoms with Crippen molar-refractivity contribution in [3.05, 3.63) is 66.9 Å². The fourth-order valence-corrected chi connectivity index (χ4v) is 4.67. The molecule has 1 fully saturated rings. The predicted octanol–water partition coefficient (Wildman–Crippen LogP) is 5.22. The van der Waals surface area contributed by atoms with Gasteiger partial charge >= 0.3 is 0 Å². The Kier molecular flexibility index (Phi) is 10.1. The highest BCUT2D eigenvalue weighted by atomic mass is 19.1. The number of ether oxygens (including phenoxy) is 1. The number of carbonyl (C=O) groups excluding carboxylic acids is 1. The van der Waals surface area contributed by atoms with E-state index < -0.39 is 5.82 Å². The van der Waals surface area contributed by atoms with Crippen LogP contribution in [0, 0.1) is 18.7 Å². The van der Waals surface area contributed by atoms with Crippen molar-refractivity contribution in [1.29, 1.82) is 0 Å². The van der Waals surface area contributed by atoms with Gasteiger partial charge in [-0.2, -0.15) is 0 Å². The summed E-state index contributed by atoms with van der Waals surface area (Å²) in [7, 11) is 1.82. The summed E-state index contributed by atoms with van der Waals surface area (Å²) in [6.45, 7) is 11.0. The van der Waals surface area contributed by atoms with Gasteiger partial charge in [-0.25, -0.2) is 29.0 Å². The normalized spacial score (nSPS) is 14.3. The number of nitrogens with zero attached hydrogens (tertiary/aromatic N) is 8. The minimum absolute atomic E-state index is 0.250. The average Bonchev–Trinajstić information content (AvgIpc) is 3.37. The molecular weight excluding hydrogens is 551 g/mol. The van der Waals surface area contributed by atoms with Crippen LogP contribution in [0.4, 0.5) is 21.8 Å². The number of halogens is 1. The van der Waals surface area contributed by atoms with E-state index in [4.69, 9.17) is 14.5 Å². The molecule has 1 aliphatic heterocycles. The Balaban J connectivity index is 0.000000653. The fraction of sp³-hybridized carbons (Fsp3) is 0.300. The number of nitrogens with two attached hydrogens (primary N) is 1. The predicted molar refractivity (Wildman–Crippen MR) is 165 cm³/mol. The number of amides is 1. The van der Waals surface area contributed by atoms with Gasteiger partial charge in [0.05, 0.1) is 17.4 Å². The van der Waals surface area contributed by atoms with E-state index in [1.165, 1.54) is 12.7 Å². The molecule has 1 unspecified atom stereocenters. The maximum atomic E-state index is 15.5. The van der Waals surface area contributed by atoms with E-state index in [2.05, 4.69) is 54.7 Å². The lowest BCUT2D eigenvalue weighted by atomic mass is 10.0. The summed E-state index contributed by atoms with van der Waals surface area (Å²) < 4.78 is 23.1. The fourth-order valence-electron chi connectivity index (χ4n) is 4.67. The van der Waals surface area contributed by atoms with Crippen LogP contribution in [-0.4, -0.2) is 54.4 Å². The third-order valence-electron chi connectivity index (χ3n) is 6.70. The van der Waals surface area contributed by atoms with Gasteiger partial charge in [0, 0.05) is 31.8 Å². The van der Waals surface area contributed by atoms with Crippen LogP contribution in [0.25, 0.3) is 22.1 Å². The van der Waals surface area contributed by atoms with E-state index in [0.29, 0.717) is 51.3 Å². The lowest BCUT2D eigenvalue weighted by Crippen LogP contribution is -2.35. The van der Waals surface area contributed by atoms with Gasteiger partial charge < -0.3 is 20.7 Å². The Labute approximate surface area is 248 Å². The summed E-state index contributed by atoms with van der Waals surface area (Å²) >= 11 is 0. The number of nitrogens with one attached hydrogen (secondary N) is 1. The highest BCUT2D eigenvalue weighted by molar-refractivity contribution is 5.87. The lowest BCUT2D eigenvalue weighted by Gasteiger charge is -2.30. The summed E-state index contributed by atoms with van der Waals surface area (Å²) in [6, 6.07) is 8.80. The molecule has 6 rings (SSSR count). The molecule has 1 atom stereocenters. The maximum absolute atomic E-state index is 15.5. The monoisotopic (exact) mass is 586 g/mol. The molecule has 0 bridgehead atoms. The third kappa shape index (κ3) is 7.18. The highest BCUT2D eigenvalue weighted by Gasteiger charge is 2.20. The Hall–Kier alpha value is -5.20. The molecule has 12 nitrogen and oxygen atoms in total. The second-order valence-corrected chi connectivity index (χ2v) is 10.0. The molecule has 224 valence electrons. The van der Waals surface area contributed by atoms with Crippen LogP contribution in [0.15, 0.2) is 55.5 Å². The Morgan fingerprint density at radius 1 is 1.19 bits per heavy atom. The average molecular weight is 587 g/mol. The number of rotatable bonds is 5.